The second-order valence-corrected chi connectivity index (χ2v) is 11.8. The van der Waals surface area contributed by atoms with Gasteiger partial charge in [-0.1, -0.05) is 77.0 Å². The first kappa shape index (κ1) is 34.8. The zero-order chi connectivity index (χ0) is 31.3. The Kier molecular flexibility index (Phi) is 14.0. The Balaban J connectivity index is 2.44. The number of rotatable bonds is 19. The van der Waals surface area contributed by atoms with Crippen LogP contribution in [0.25, 0.3) is 10.8 Å². The third kappa shape index (κ3) is 10.8. The van der Waals surface area contributed by atoms with Gasteiger partial charge >= 0.3 is 11.9 Å². The largest absolute Gasteiger partial charge is 0.489 e. The Bertz CT molecular complexity index is 1350. The highest BCUT2D eigenvalue weighted by Crippen LogP contribution is 2.39. The molecule has 0 saturated carbocycles. The molecule has 0 aromatic heterocycles. The van der Waals surface area contributed by atoms with Gasteiger partial charge in [0.05, 0.1) is 0 Å². The standard InChI is InChI=1S/C32H44O9S/c1-7-9-11-15-24(40-31(33)22(3)4)20-38-28-19-29(42(35,36)37)30(27-18-14-13-17-26(27)28)39-21-25(16-12-10-8-2)41-32(34)23(5)6/h13-14,17-19,24-25H,3,5,7-12,15-16,20-21H2,1-2,4,6H3,(H,35,36,37). The summed E-state index contributed by atoms with van der Waals surface area (Å²) in [6, 6.07) is 8.04. The minimum Gasteiger partial charge on any atom is -0.489 e. The SMILES string of the molecule is C=C(C)C(=O)OC(CCCCC)COc1cc(S(=O)(=O)O)c(OCC(CCCCC)OC(=O)C(=C)C)c2ccccc12. The molecule has 0 aliphatic rings. The maximum absolute atomic E-state index is 12.5. The Morgan fingerprint density at radius 1 is 0.810 bits per heavy atom. The summed E-state index contributed by atoms with van der Waals surface area (Å²) in [4.78, 5) is 24.0. The van der Waals surface area contributed by atoms with Crippen molar-refractivity contribution in [3.63, 3.8) is 0 Å². The fourth-order valence-electron chi connectivity index (χ4n) is 4.21. The summed E-state index contributed by atoms with van der Waals surface area (Å²) in [6.45, 7) is 14.3. The lowest BCUT2D eigenvalue weighted by Gasteiger charge is -2.22. The number of unbranched alkanes of at least 4 members (excludes halogenated alkanes) is 4. The van der Waals surface area contributed by atoms with Gasteiger partial charge in [-0.2, -0.15) is 8.42 Å². The molecule has 0 aliphatic carbocycles. The Labute approximate surface area is 249 Å². The van der Waals surface area contributed by atoms with Crippen LogP contribution in [-0.2, 0) is 29.2 Å². The maximum atomic E-state index is 12.5. The van der Waals surface area contributed by atoms with Crippen molar-refractivity contribution in [3.8, 4) is 11.5 Å². The first-order valence-corrected chi connectivity index (χ1v) is 15.8. The van der Waals surface area contributed by atoms with E-state index in [0.717, 1.165) is 38.5 Å². The van der Waals surface area contributed by atoms with Crippen LogP contribution in [0.2, 0.25) is 0 Å². The highest BCUT2D eigenvalue weighted by atomic mass is 32.2. The highest BCUT2D eigenvalue weighted by molar-refractivity contribution is 7.86. The monoisotopic (exact) mass is 604 g/mol. The molecule has 0 heterocycles. The lowest BCUT2D eigenvalue weighted by Crippen LogP contribution is -2.26. The second-order valence-electron chi connectivity index (χ2n) is 10.5. The normalized spacial score (nSPS) is 12.8. The van der Waals surface area contributed by atoms with Gasteiger partial charge < -0.3 is 18.9 Å². The molecular formula is C32H44O9S. The number of esters is 2. The van der Waals surface area contributed by atoms with E-state index in [2.05, 4.69) is 27.0 Å². The molecule has 0 fully saturated rings. The van der Waals surface area contributed by atoms with Crippen LogP contribution in [0.3, 0.4) is 0 Å². The van der Waals surface area contributed by atoms with Crippen LogP contribution in [0.1, 0.15) is 79.1 Å². The van der Waals surface area contributed by atoms with Gasteiger partial charge in [-0.15, -0.1) is 0 Å². The van der Waals surface area contributed by atoms with E-state index in [1.165, 1.54) is 6.07 Å². The predicted molar refractivity (Wildman–Crippen MR) is 162 cm³/mol. The Morgan fingerprint density at radius 3 is 1.74 bits per heavy atom. The number of carbonyl (C=O) groups is 2. The number of benzene rings is 2. The van der Waals surface area contributed by atoms with Crippen molar-refractivity contribution in [2.75, 3.05) is 13.2 Å². The predicted octanol–water partition coefficient (Wildman–Crippen LogP) is 6.98. The molecule has 0 aliphatic heterocycles. The number of hydrogen-bond donors (Lipinski definition) is 1. The zero-order valence-electron chi connectivity index (χ0n) is 25.1. The lowest BCUT2D eigenvalue weighted by molar-refractivity contribution is -0.147. The van der Waals surface area contributed by atoms with E-state index in [-0.39, 0.29) is 35.9 Å². The topological polar surface area (TPSA) is 125 Å². The minimum atomic E-state index is -4.76. The maximum Gasteiger partial charge on any atom is 0.333 e. The average Bonchev–Trinajstić information content (AvgIpc) is 2.93. The van der Waals surface area contributed by atoms with Crippen LogP contribution in [0.4, 0.5) is 0 Å². The molecule has 2 aromatic carbocycles. The summed E-state index contributed by atoms with van der Waals surface area (Å²) in [5.41, 5.74) is 0.501. The minimum absolute atomic E-state index is 0.0335. The van der Waals surface area contributed by atoms with E-state index in [9.17, 15) is 22.6 Å². The zero-order valence-corrected chi connectivity index (χ0v) is 26.0. The summed E-state index contributed by atoms with van der Waals surface area (Å²) in [5.74, 6) is -1.01. The molecule has 0 amide bonds. The molecule has 2 atom stereocenters. The fourth-order valence-corrected chi connectivity index (χ4v) is 4.87. The van der Waals surface area contributed by atoms with E-state index in [1.54, 1.807) is 38.1 Å². The van der Waals surface area contributed by atoms with Crippen molar-refractivity contribution in [2.24, 2.45) is 0 Å². The van der Waals surface area contributed by atoms with Crippen molar-refractivity contribution >= 4 is 32.8 Å². The van der Waals surface area contributed by atoms with E-state index < -0.39 is 39.2 Å². The van der Waals surface area contributed by atoms with Crippen LogP contribution < -0.4 is 9.47 Å². The van der Waals surface area contributed by atoms with Crippen molar-refractivity contribution < 1.29 is 41.5 Å². The Hall–Kier alpha value is -3.37. The van der Waals surface area contributed by atoms with Gasteiger partial charge in [0.15, 0.2) is 0 Å². The molecule has 42 heavy (non-hydrogen) atoms. The fraction of sp³-hybridized carbons (Fsp3) is 0.500. The lowest BCUT2D eigenvalue weighted by atomic mass is 10.1. The summed E-state index contributed by atoms with van der Waals surface area (Å²) in [6.07, 6.45) is 5.24. The molecule has 2 aromatic rings. The van der Waals surface area contributed by atoms with Crippen molar-refractivity contribution in [2.45, 2.75) is 96.2 Å². The molecule has 10 heteroatoms. The third-order valence-electron chi connectivity index (χ3n) is 6.54. The van der Waals surface area contributed by atoms with Gasteiger partial charge in [0.1, 0.15) is 41.8 Å². The first-order chi connectivity index (χ1) is 19.9. The van der Waals surface area contributed by atoms with Crippen molar-refractivity contribution in [1.82, 2.24) is 0 Å². The molecule has 232 valence electrons. The van der Waals surface area contributed by atoms with Crippen LogP contribution in [0, 0.1) is 0 Å². The van der Waals surface area contributed by atoms with E-state index in [1.807, 2.05) is 0 Å². The Morgan fingerprint density at radius 2 is 1.29 bits per heavy atom. The average molecular weight is 605 g/mol. The van der Waals surface area contributed by atoms with Crippen molar-refractivity contribution in [3.05, 3.63) is 54.6 Å². The molecule has 0 spiro atoms. The van der Waals surface area contributed by atoms with Gasteiger partial charge in [0.25, 0.3) is 10.1 Å². The van der Waals surface area contributed by atoms with Gasteiger partial charge in [0, 0.05) is 28.0 Å². The quantitative estimate of drug-likeness (QED) is 0.0782. The number of fused-ring (bicyclic) bond motifs is 1. The van der Waals surface area contributed by atoms with Crippen LogP contribution in [-0.4, -0.2) is 50.3 Å². The van der Waals surface area contributed by atoms with Gasteiger partial charge in [0.2, 0.25) is 0 Å². The van der Waals surface area contributed by atoms with Crippen LogP contribution in [0.5, 0.6) is 11.5 Å². The molecule has 0 saturated heterocycles. The van der Waals surface area contributed by atoms with E-state index in [0.29, 0.717) is 23.6 Å². The summed E-state index contributed by atoms with van der Waals surface area (Å²) >= 11 is 0. The summed E-state index contributed by atoms with van der Waals surface area (Å²) in [5, 5.41) is 0.905. The number of ether oxygens (including phenoxy) is 4. The van der Waals surface area contributed by atoms with E-state index in [4.69, 9.17) is 18.9 Å². The molecule has 9 nitrogen and oxygen atoms in total. The molecule has 2 rings (SSSR count). The molecule has 0 bridgehead atoms. The van der Waals surface area contributed by atoms with E-state index >= 15 is 0 Å². The summed E-state index contributed by atoms with van der Waals surface area (Å²) in [7, 11) is -4.76. The van der Waals surface area contributed by atoms with Gasteiger partial charge in [-0.05, 0) is 39.5 Å². The number of hydrogen-bond acceptors (Lipinski definition) is 8. The number of carbonyl (C=O) groups excluding carboxylic acids is 2. The van der Waals surface area contributed by atoms with Gasteiger partial charge in [-0.25, -0.2) is 9.59 Å². The molecule has 1 N–H and O–H groups in total. The molecule has 2 unspecified atom stereocenters. The van der Waals surface area contributed by atoms with Gasteiger partial charge in [-0.3, -0.25) is 4.55 Å². The second kappa shape index (κ2) is 16.9. The smallest absolute Gasteiger partial charge is 0.333 e. The van der Waals surface area contributed by atoms with Crippen LogP contribution in [0.15, 0.2) is 59.5 Å². The first-order valence-electron chi connectivity index (χ1n) is 14.4. The third-order valence-corrected chi connectivity index (χ3v) is 7.40. The summed E-state index contributed by atoms with van der Waals surface area (Å²) < 4.78 is 58.4. The van der Waals surface area contributed by atoms with Crippen molar-refractivity contribution in [1.29, 1.82) is 0 Å². The molecule has 0 radical (unpaired) electrons. The highest BCUT2D eigenvalue weighted by Gasteiger charge is 2.26. The molecular weight excluding hydrogens is 560 g/mol. The van der Waals surface area contributed by atoms with Crippen LogP contribution >= 0.6 is 0 Å².